The molecule has 0 spiro atoms. The highest BCUT2D eigenvalue weighted by Crippen LogP contribution is 2.29. The first kappa shape index (κ1) is 21.8. The molecule has 1 aromatic heterocycles. The lowest BCUT2D eigenvalue weighted by Gasteiger charge is -2.11. The Balaban J connectivity index is 1.54. The molecular formula is C22H24N4O5. The summed E-state index contributed by atoms with van der Waals surface area (Å²) in [5.74, 6) is 0.301. The first-order chi connectivity index (χ1) is 15.0. The largest absolute Gasteiger partial charge is 0.493 e. The average Bonchev–Trinajstić information content (AvgIpc) is 2.79. The maximum absolute atomic E-state index is 12.7. The minimum absolute atomic E-state index is 0.139. The van der Waals surface area contributed by atoms with Gasteiger partial charge in [-0.2, -0.15) is 0 Å². The van der Waals surface area contributed by atoms with Gasteiger partial charge < -0.3 is 20.1 Å². The lowest BCUT2D eigenvalue weighted by atomic mass is 10.2. The Morgan fingerprint density at radius 3 is 2.42 bits per heavy atom. The molecule has 162 valence electrons. The Bertz CT molecular complexity index is 1130. The number of benzene rings is 2. The Hall–Kier alpha value is -3.88. The van der Waals surface area contributed by atoms with Gasteiger partial charge in [0.1, 0.15) is 6.54 Å². The van der Waals surface area contributed by atoms with Crippen LogP contribution in [0.5, 0.6) is 11.5 Å². The molecular weight excluding hydrogens is 400 g/mol. The summed E-state index contributed by atoms with van der Waals surface area (Å²) >= 11 is 0. The molecule has 0 saturated carbocycles. The lowest BCUT2D eigenvalue weighted by Crippen LogP contribution is -2.35. The van der Waals surface area contributed by atoms with Gasteiger partial charge in [0.25, 0.3) is 5.56 Å². The van der Waals surface area contributed by atoms with Crippen molar-refractivity contribution in [1.29, 1.82) is 0 Å². The summed E-state index contributed by atoms with van der Waals surface area (Å²) < 4.78 is 11.6. The van der Waals surface area contributed by atoms with Crippen molar-refractivity contribution in [2.75, 3.05) is 20.8 Å². The highest BCUT2D eigenvalue weighted by molar-refractivity contribution is 5.82. The average molecular weight is 424 g/mol. The van der Waals surface area contributed by atoms with Crippen molar-refractivity contribution in [3.05, 3.63) is 64.7 Å². The maximum Gasteiger partial charge on any atom is 0.261 e. The van der Waals surface area contributed by atoms with Gasteiger partial charge in [-0.1, -0.05) is 30.3 Å². The molecule has 2 aromatic carbocycles. The fourth-order valence-electron chi connectivity index (χ4n) is 3.01. The molecule has 0 atom stereocenters. The van der Waals surface area contributed by atoms with Crippen molar-refractivity contribution in [2.45, 2.75) is 19.5 Å². The van der Waals surface area contributed by atoms with Gasteiger partial charge in [0.2, 0.25) is 11.8 Å². The summed E-state index contributed by atoms with van der Waals surface area (Å²) in [6.07, 6.45) is 1.45. The molecule has 9 nitrogen and oxygen atoms in total. The van der Waals surface area contributed by atoms with Crippen molar-refractivity contribution < 1.29 is 19.1 Å². The Morgan fingerprint density at radius 1 is 1.00 bits per heavy atom. The number of carbonyl (C=O) groups is 2. The van der Waals surface area contributed by atoms with E-state index in [1.807, 2.05) is 30.3 Å². The number of methoxy groups -OCH3 is 2. The lowest BCUT2D eigenvalue weighted by molar-refractivity contribution is -0.122. The second-order valence-electron chi connectivity index (χ2n) is 6.76. The van der Waals surface area contributed by atoms with Crippen LogP contribution in [0.1, 0.15) is 12.0 Å². The van der Waals surface area contributed by atoms with Crippen molar-refractivity contribution in [1.82, 2.24) is 20.2 Å². The molecule has 1 heterocycles. The van der Waals surface area contributed by atoms with E-state index in [4.69, 9.17) is 9.47 Å². The zero-order valence-electron chi connectivity index (χ0n) is 17.4. The van der Waals surface area contributed by atoms with E-state index < -0.39 is 0 Å². The fraction of sp³-hybridized carbons (Fsp3) is 0.273. The van der Waals surface area contributed by atoms with Crippen molar-refractivity contribution in [2.24, 2.45) is 0 Å². The monoisotopic (exact) mass is 424 g/mol. The molecule has 0 bridgehead atoms. The minimum atomic E-state index is -0.389. The number of rotatable bonds is 9. The zero-order valence-corrected chi connectivity index (χ0v) is 17.4. The van der Waals surface area contributed by atoms with Gasteiger partial charge in [-0.05, 0) is 11.6 Å². The van der Waals surface area contributed by atoms with Gasteiger partial charge >= 0.3 is 0 Å². The maximum atomic E-state index is 12.7. The topological polar surface area (TPSA) is 112 Å². The van der Waals surface area contributed by atoms with Crippen LogP contribution in [-0.4, -0.2) is 42.1 Å². The minimum Gasteiger partial charge on any atom is -0.493 e. The predicted octanol–water partition coefficient (Wildman–Crippen LogP) is 1.24. The van der Waals surface area contributed by atoms with Crippen LogP contribution < -0.4 is 25.7 Å². The summed E-state index contributed by atoms with van der Waals surface area (Å²) in [6.45, 7) is 0.391. The van der Waals surface area contributed by atoms with Gasteiger partial charge in [0.15, 0.2) is 11.5 Å². The summed E-state index contributed by atoms with van der Waals surface area (Å²) in [5.41, 5.74) is 1.06. The first-order valence-corrected chi connectivity index (χ1v) is 9.70. The van der Waals surface area contributed by atoms with E-state index in [1.54, 1.807) is 6.07 Å². The molecule has 0 saturated heterocycles. The van der Waals surface area contributed by atoms with Gasteiger partial charge in [-0.25, -0.2) is 4.98 Å². The van der Waals surface area contributed by atoms with Gasteiger partial charge in [-0.15, -0.1) is 0 Å². The van der Waals surface area contributed by atoms with E-state index in [0.29, 0.717) is 28.9 Å². The van der Waals surface area contributed by atoms with Crippen LogP contribution in [0.25, 0.3) is 10.9 Å². The van der Waals surface area contributed by atoms with Crippen molar-refractivity contribution >= 4 is 22.7 Å². The van der Waals surface area contributed by atoms with Crippen LogP contribution in [0.4, 0.5) is 0 Å². The number of amides is 2. The SMILES string of the molecule is COc1cc2ncn(CC(=O)NCCC(=O)NCc3ccccc3)c(=O)c2cc1OC. The molecule has 3 aromatic rings. The van der Waals surface area contributed by atoms with Gasteiger partial charge in [0, 0.05) is 25.6 Å². The number of fused-ring (bicyclic) bond motifs is 1. The quantitative estimate of drug-likeness (QED) is 0.535. The molecule has 0 radical (unpaired) electrons. The van der Waals surface area contributed by atoms with E-state index in [2.05, 4.69) is 15.6 Å². The fourth-order valence-corrected chi connectivity index (χ4v) is 3.01. The third-order valence-corrected chi connectivity index (χ3v) is 4.65. The number of hydrogen-bond donors (Lipinski definition) is 2. The number of nitrogens with one attached hydrogen (secondary N) is 2. The smallest absolute Gasteiger partial charge is 0.261 e. The molecule has 0 aliphatic heterocycles. The normalized spacial score (nSPS) is 10.5. The van der Waals surface area contributed by atoms with Crippen LogP contribution in [0, 0.1) is 0 Å². The second-order valence-corrected chi connectivity index (χ2v) is 6.76. The van der Waals surface area contributed by atoms with Gasteiger partial charge in [0.05, 0.1) is 31.4 Å². The molecule has 3 rings (SSSR count). The highest BCUT2D eigenvalue weighted by Gasteiger charge is 2.13. The number of nitrogens with zero attached hydrogens (tertiary/aromatic N) is 2. The third kappa shape index (κ3) is 5.59. The van der Waals surface area contributed by atoms with E-state index in [1.165, 1.54) is 31.2 Å². The van der Waals surface area contributed by atoms with Crippen LogP contribution in [0.15, 0.2) is 53.6 Å². The number of aromatic nitrogens is 2. The second kappa shape index (κ2) is 10.2. The molecule has 0 aliphatic carbocycles. The van der Waals surface area contributed by atoms with E-state index in [-0.39, 0.29) is 36.9 Å². The third-order valence-electron chi connectivity index (χ3n) is 4.65. The van der Waals surface area contributed by atoms with E-state index in [9.17, 15) is 14.4 Å². The molecule has 0 fully saturated rings. The summed E-state index contributed by atoms with van der Waals surface area (Å²) in [6, 6.07) is 12.7. The van der Waals surface area contributed by atoms with E-state index >= 15 is 0 Å². The van der Waals surface area contributed by atoms with Crippen LogP contribution in [0.2, 0.25) is 0 Å². The number of hydrogen-bond acceptors (Lipinski definition) is 6. The standard InChI is InChI=1S/C22H24N4O5/c1-30-18-10-16-17(11-19(18)31-2)25-14-26(22(16)29)13-21(28)23-9-8-20(27)24-12-15-6-4-3-5-7-15/h3-7,10-11,14H,8-9,12-13H2,1-2H3,(H,23,28)(H,24,27). The van der Waals surface area contributed by atoms with E-state index in [0.717, 1.165) is 5.56 Å². The molecule has 31 heavy (non-hydrogen) atoms. The van der Waals surface area contributed by atoms with Crippen molar-refractivity contribution in [3.8, 4) is 11.5 Å². The molecule has 0 aliphatic rings. The van der Waals surface area contributed by atoms with Crippen LogP contribution >= 0.6 is 0 Å². The Kier molecular flexibility index (Phi) is 7.21. The predicted molar refractivity (Wildman–Crippen MR) is 115 cm³/mol. The molecule has 2 N–H and O–H groups in total. The summed E-state index contributed by atoms with van der Waals surface area (Å²) in [7, 11) is 2.97. The zero-order chi connectivity index (χ0) is 22.2. The highest BCUT2D eigenvalue weighted by atomic mass is 16.5. The van der Waals surface area contributed by atoms with Gasteiger partial charge in [-0.3, -0.25) is 19.0 Å². The van der Waals surface area contributed by atoms with Crippen LogP contribution in [0.3, 0.4) is 0 Å². The summed E-state index contributed by atoms with van der Waals surface area (Å²) in [4.78, 5) is 41.1. The molecule has 9 heteroatoms. The molecule has 2 amide bonds. The molecule has 0 unspecified atom stereocenters. The summed E-state index contributed by atoms with van der Waals surface area (Å²) in [5, 5.41) is 5.75. The number of ether oxygens (including phenoxy) is 2. The Labute approximate surface area is 179 Å². The first-order valence-electron chi connectivity index (χ1n) is 9.70. The van der Waals surface area contributed by atoms with Crippen LogP contribution in [-0.2, 0) is 22.7 Å². The Morgan fingerprint density at radius 2 is 1.71 bits per heavy atom. The van der Waals surface area contributed by atoms with Crippen molar-refractivity contribution in [3.63, 3.8) is 0 Å². The number of carbonyl (C=O) groups excluding carboxylic acids is 2.